The van der Waals surface area contributed by atoms with Gasteiger partial charge in [0.15, 0.2) is 0 Å². The molecule has 3 rings (SSSR count). The molecule has 1 aromatic heterocycles. The molecule has 0 aliphatic heterocycles. The maximum absolute atomic E-state index is 11.4. The first kappa shape index (κ1) is 16.9. The van der Waals surface area contributed by atoms with Crippen molar-refractivity contribution in [3.63, 3.8) is 0 Å². The van der Waals surface area contributed by atoms with Gasteiger partial charge in [0.25, 0.3) is 0 Å². The molecule has 2 aromatic carbocycles. The lowest BCUT2D eigenvalue weighted by molar-refractivity contribution is -0.129. The lowest BCUT2D eigenvalue weighted by atomic mass is 10.1. The third-order valence-corrected chi connectivity index (χ3v) is 4.47. The summed E-state index contributed by atoms with van der Waals surface area (Å²) in [6, 6.07) is 19.3. The Morgan fingerprint density at radius 3 is 2.40 bits per heavy atom. The van der Waals surface area contributed by atoms with Gasteiger partial charge in [-0.05, 0) is 12.5 Å². The standard InChI is InChI=1S/C19H17N3O2S/c1-13-17(15-10-6-3-7-11-15)20-19(25-13)22-21-16(18(23)24)12-14-8-4-2-5-9-14/h2-11H,12H2,1H3,(H,20,22)(H,23,24)/b21-16-. The zero-order chi connectivity index (χ0) is 17.6. The van der Waals surface area contributed by atoms with Crippen molar-refractivity contribution in [1.29, 1.82) is 0 Å². The molecule has 0 bridgehead atoms. The molecular formula is C19H17N3O2S. The van der Waals surface area contributed by atoms with Crippen LogP contribution in [0, 0.1) is 6.92 Å². The van der Waals surface area contributed by atoms with Gasteiger partial charge in [0, 0.05) is 16.9 Å². The highest BCUT2D eigenvalue weighted by Crippen LogP contribution is 2.30. The quantitative estimate of drug-likeness (QED) is 0.515. The first-order valence-electron chi connectivity index (χ1n) is 7.76. The minimum Gasteiger partial charge on any atom is -0.477 e. The largest absolute Gasteiger partial charge is 0.477 e. The maximum atomic E-state index is 11.4. The Kier molecular flexibility index (Phi) is 5.20. The van der Waals surface area contributed by atoms with Crippen LogP contribution >= 0.6 is 11.3 Å². The molecule has 0 saturated heterocycles. The van der Waals surface area contributed by atoms with Crippen LogP contribution in [-0.4, -0.2) is 21.8 Å². The van der Waals surface area contributed by atoms with E-state index in [1.54, 1.807) is 0 Å². The number of rotatable bonds is 6. The Labute approximate surface area is 149 Å². The van der Waals surface area contributed by atoms with Gasteiger partial charge in [-0.25, -0.2) is 9.78 Å². The van der Waals surface area contributed by atoms with Gasteiger partial charge in [-0.3, -0.25) is 5.43 Å². The molecule has 3 aromatic rings. The topological polar surface area (TPSA) is 74.6 Å². The van der Waals surface area contributed by atoms with Crippen LogP contribution < -0.4 is 5.43 Å². The minimum atomic E-state index is -1.05. The van der Waals surface area contributed by atoms with Gasteiger partial charge in [0.2, 0.25) is 5.13 Å². The van der Waals surface area contributed by atoms with Gasteiger partial charge in [-0.1, -0.05) is 60.7 Å². The normalized spacial score (nSPS) is 11.3. The fraction of sp³-hybridized carbons (Fsp3) is 0.105. The fourth-order valence-electron chi connectivity index (χ4n) is 2.38. The predicted molar refractivity (Wildman–Crippen MR) is 101 cm³/mol. The monoisotopic (exact) mass is 351 g/mol. The number of nitrogens with zero attached hydrogens (tertiary/aromatic N) is 2. The zero-order valence-corrected chi connectivity index (χ0v) is 14.5. The molecule has 0 amide bonds. The molecule has 0 unspecified atom stereocenters. The molecule has 6 heteroatoms. The van der Waals surface area contributed by atoms with Crippen LogP contribution in [0.15, 0.2) is 65.8 Å². The number of aromatic nitrogens is 1. The highest BCUT2D eigenvalue weighted by atomic mass is 32.1. The van der Waals surface area contributed by atoms with Crippen molar-refractivity contribution >= 4 is 28.1 Å². The minimum absolute atomic E-state index is 0.0420. The Hall–Kier alpha value is -2.99. The predicted octanol–water partition coefficient (Wildman–Crippen LogP) is 4.21. The second-order valence-corrected chi connectivity index (χ2v) is 6.63. The third kappa shape index (κ3) is 4.30. The van der Waals surface area contributed by atoms with Crippen LogP contribution in [0.4, 0.5) is 5.13 Å². The van der Waals surface area contributed by atoms with Crippen LogP contribution in [0.3, 0.4) is 0 Å². The van der Waals surface area contributed by atoms with Crippen LogP contribution in [0.5, 0.6) is 0 Å². The van der Waals surface area contributed by atoms with E-state index < -0.39 is 5.97 Å². The van der Waals surface area contributed by atoms with Crippen molar-refractivity contribution < 1.29 is 9.90 Å². The lowest BCUT2D eigenvalue weighted by Gasteiger charge is -2.02. The van der Waals surface area contributed by atoms with Gasteiger partial charge in [0.1, 0.15) is 5.71 Å². The summed E-state index contributed by atoms with van der Waals surface area (Å²) in [7, 11) is 0. The molecule has 0 fully saturated rings. The summed E-state index contributed by atoms with van der Waals surface area (Å²) in [6.07, 6.45) is 0.249. The molecule has 2 N–H and O–H groups in total. The van der Waals surface area contributed by atoms with Crippen molar-refractivity contribution in [2.75, 3.05) is 5.43 Å². The Morgan fingerprint density at radius 2 is 1.76 bits per heavy atom. The second-order valence-electron chi connectivity index (χ2n) is 5.43. The fourth-order valence-corrected chi connectivity index (χ4v) is 3.15. The SMILES string of the molecule is Cc1sc(N/N=C(/Cc2ccccc2)C(=O)O)nc1-c1ccccc1. The van der Waals surface area contributed by atoms with Gasteiger partial charge >= 0.3 is 5.97 Å². The van der Waals surface area contributed by atoms with E-state index in [0.29, 0.717) is 5.13 Å². The van der Waals surface area contributed by atoms with Crippen molar-refractivity contribution in [1.82, 2.24) is 4.98 Å². The summed E-state index contributed by atoms with van der Waals surface area (Å²) >= 11 is 1.45. The number of carboxylic acid groups (broad SMARTS) is 1. The number of aryl methyl sites for hydroxylation is 1. The molecule has 0 spiro atoms. The summed E-state index contributed by atoms with van der Waals surface area (Å²) in [4.78, 5) is 17.0. The van der Waals surface area contributed by atoms with E-state index >= 15 is 0 Å². The molecule has 0 aliphatic carbocycles. The molecular weight excluding hydrogens is 334 g/mol. The number of anilines is 1. The maximum Gasteiger partial charge on any atom is 0.352 e. The summed E-state index contributed by atoms with van der Waals surface area (Å²) < 4.78 is 0. The molecule has 0 radical (unpaired) electrons. The number of carboxylic acids is 1. The molecule has 0 saturated carbocycles. The molecule has 126 valence electrons. The number of aliphatic carboxylic acids is 1. The van der Waals surface area contributed by atoms with Gasteiger partial charge in [0.05, 0.1) is 5.69 Å². The molecule has 0 aliphatic rings. The summed E-state index contributed by atoms with van der Waals surface area (Å²) in [5.74, 6) is -1.05. The summed E-state index contributed by atoms with van der Waals surface area (Å²) in [6.45, 7) is 1.98. The van der Waals surface area contributed by atoms with E-state index in [1.807, 2.05) is 67.6 Å². The van der Waals surface area contributed by atoms with E-state index in [4.69, 9.17) is 0 Å². The number of thiazole rings is 1. The van der Waals surface area contributed by atoms with Crippen LogP contribution in [0.25, 0.3) is 11.3 Å². The van der Waals surface area contributed by atoms with Gasteiger partial charge in [-0.2, -0.15) is 5.10 Å². The number of nitrogens with one attached hydrogen (secondary N) is 1. The van der Waals surface area contributed by atoms with Gasteiger partial charge < -0.3 is 5.11 Å². The second kappa shape index (κ2) is 7.72. The number of hydrogen-bond donors (Lipinski definition) is 2. The molecule has 1 heterocycles. The van der Waals surface area contributed by atoms with Crippen molar-refractivity contribution in [3.8, 4) is 11.3 Å². The smallest absolute Gasteiger partial charge is 0.352 e. The number of hydrogen-bond acceptors (Lipinski definition) is 5. The van der Waals surface area contributed by atoms with E-state index in [1.165, 1.54) is 11.3 Å². The molecule has 5 nitrogen and oxygen atoms in total. The van der Waals surface area contributed by atoms with Crippen LogP contribution in [0.1, 0.15) is 10.4 Å². The first-order chi connectivity index (χ1) is 12.1. The summed E-state index contributed by atoms with van der Waals surface area (Å²) in [5, 5.41) is 14.0. The van der Waals surface area contributed by atoms with E-state index in [0.717, 1.165) is 21.7 Å². The third-order valence-electron chi connectivity index (χ3n) is 3.59. The van der Waals surface area contributed by atoms with Gasteiger partial charge in [-0.15, -0.1) is 11.3 Å². The van der Waals surface area contributed by atoms with Crippen molar-refractivity contribution in [2.45, 2.75) is 13.3 Å². The first-order valence-corrected chi connectivity index (χ1v) is 8.58. The highest BCUT2D eigenvalue weighted by molar-refractivity contribution is 7.16. The number of benzene rings is 2. The Balaban J connectivity index is 1.79. The Bertz CT molecular complexity index is 890. The van der Waals surface area contributed by atoms with E-state index in [2.05, 4.69) is 15.5 Å². The number of carbonyl (C=O) groups is 1. The lowest BCUT2D eigenvalue weighted by Crippen LogP contribution is -2.17. The highest BCUT2D eigenvalue weighted by Gasteiger charge is 2.13. The molecule has 25 heavy (non-hydrogen) atoms. The number of hydrazone groups is 1. The zero-order valence-electron chi connectivity index (χ0n) is 13.6. The summed E-state index contributed by atoms with van der Waals surface area (Å²) in [5.41, 5.74) is 5.63. The van der Waals surface area contributed by atoms with Crippen LogP contribution in [0.2, 0.25) is 0 Å². The van der Waals surface area contributed by atoms with Crippen LogP contribution in [-0.2, 0) is 11.2 Å². The van der Waals surface area contributed by atoms with E-state index in [-0.39, 0.29) is 12.1 Å². The van der Waals surface area contributed by atoms with E-state index in [9.17, 15) is 9.90 Å². The van der Waals surface area contributed by atoms with Crippen molar-refractivity contribution in [2.24, 2.45) is 5.10 Å². The molecule has 0 atom stereocenters. The van der Waals surface area contributed by atoms with Crippen molar-refractivity contribution in [3.05, 3.63) is 71.1 Å². The average Bonchev–Trinajstić information content (AvgIpc) is 3.00. The average molecular weight is 351 g/mol. The Morgan fingerprint density at radius 1 is 1.12 bits per heavy atom.